The molecular formula is C16H34N2O10P2. The molecule has 0 aliphatic heterocycles. The van der Waals surface area contributed by atoms with Gasteiger partial charge in [0.2, 0.25) is 0 Å². The van der Waals surface area contributed by atoms with Crippen LogP contribution in [0.15, 0.2) is 0 Å². The van der Waals surface area contributed by atoms with Crippen molar-refractivity contribution in [2.45, 2.75) is 39.2 Å². The molecule has 0 radical (unpaired) electrons. The minimum absolute atomic E-state index is 0.0510. The highest BCUT2D eigenvalue weighted by molar-refractivity contribution is 7.53. The first-order chi connectivity index (χ1) is 14.1. The molecule has 1 N–H and O–H groups in total. The van der Waals surface area contributed by atoms with E-state index in [-0.39, 0.29) is 32.0 Å². The maximum Gasteiger partial charge on any atom is 0.439 e. The van der Waals surface area contributed by atoms with Crippen LogP contribution in [0, 0.1) is 0 Å². The fourth-order valence-corrected chi connectivity index (χ4v) is 4.33. The highest BCUT2D eigenvalue weighted by Crippen LogP contribution is 2.51. The van der Waals surface area contributed by atoms with E-state index in [4.69, 9.17) is 27.6 Å². The van der Waals surface area contributed by atoms with Crippen molar-refractivity contribution in [2.75, 3.05) is 54.4 Å². The van der Waals surface area contributed by atoms with Gasteiger partial charge >= 0.3 is 27.5 Å². The fraction of sp³-hybridized carbons (Fsp3) is 0.875. The Bertz CT molecular complexity index is 603. The smallest absolute Gasteiger partial charge is 0.439 e. The van der Waals surface area contributed by atoms with Crippen molar-refractivity contribution in [2.24, 2.45) is 0 Å². The Balaban J connectivity index is 4.39. The van der Waals surface area contributed by atoms with E-state index in [0.717, 1.165) is 4.67 Å². The predicted octanol–water partition coefficient (Wildman–Crippen LogP) is 3.62. The summed E-state index contributed by atoms with van der Waals surface area (Å²) in [6.07, 6.45) is 0.158. The zero-order valence-corrected chi connectivity index (χ0v) is 20.2. The molecular weight excluding hydrogens is 442 g/mol. The van der Waals surface area contributed by atoms with Gasteiger partial charge in [0.15, 0.2) is 0 Å². The lowest BCUT2D eigenvalue weighted by Crippen LogP contribution is -2.34. The molecule has 12 nitrogen and oxygen atoms in total. The van der Waals surface area contributed by atoms with Gasteiger partial charge in [-0.25, -0.2) is 18.8 Å². The summed E-state index contributed by atoms with van der Waals surface area (Å²) in [4.78, 5) is 23.8. The number of ether oxygens (including phenoxy) is 2. The van der Waals surface area contributed by atoms with Crippen LogP contribution in [0.1, 0.15) is 33.1 Å². The van der Waals surface area contributed by atoms with Gasteiger partial charge in [-0.2, -0.15) is 0 Å². The van der Waals surface area contributed by atoms with Gasteiger partial charge in [0.1, 0.15) is 6.61 Å². The molecule has 0 aromatic rings. The number of hydrogen-bond acceptors (Lipinski definition) is 10. The summed E-state index contributed by atoms with van der Waals surface area (Å²) < 4.78 is 54.4. The van der Waals surface area contributed by atoms with Gasteiger partial charge in [-0.1, -0.05) is 0 Å². The zero-order valence-electron chi connectivity index (χ0n) is 18.5. The molecule has 0 aromatic heterocycles. The standard InChI is InChI=1S/C16H34N2O10P2/c1-7-27-16(20)18(30(22,25-5)26-6)11-9-8-10-14(2)17-15(19)28-12-13-29(21,23-3)24-4/h14H,7-13H2,1-6H3,(H,17,19). The van der Waals surface area contributed by atoms with Crippen LogP contribution in [-0.2, 0) is 36.7 Å². The number of carbonyl (C=O) groups is 2. The van der Waals surface area contributed by atoms with Gasteiger partial charge in [0.05, 0.1) is 12.8 Å². The summed E-state index contributed by atoms with van der Waals surface area (Å²) in [5.74, 6) is 0. The van der Waals surface area contributed by atoms with E-state index < -0.39 is 27.5 Å². The van der Waals surface area contributed by atoms with Gasteiger partial charge in [0.25, 0.3) is 0 Å². The molecule has 0 aromatic carbocycles. The second-order valence-corrected chi connectivity index (χ2v) is 10.6. The molecule has 1 atom stereocenters. The number of nitrogens with zero attached hydrogens (tertiary/aromatic N) is 1. The van der Waals surface area contributed by atoms with Crippen LogP contribution >= 0.6 is 15.3 Å². The van der Waals surface area contributed by atoms with Crippen LogP contribution in [0.2, 0.25) is 0 Å². The Morgan fingerprint density at radius 2 is 1.57 bits per heavy atom. The first kappa shape index (κ1) is 28.8. The predicted molar refractivity (Wildman–Crippen MR) is 110 cm³/mol. The Kier molecular flexibility index (Phi) is 14.2. The van der Waals surface area contributed by atoms with Crippen LogP contribution in [0.3, 0.4) is 0 Å². The molecule has 2 amide bonds. The largest absolute Gasteiger partial charge is 0.449 e. The van der Waals surface area contributed by atoms with Crippen LogP contribution in [0.5, 0.6) is 0 Å². The van der Waals surface area contributed by atoms with E-state index in [1.165, 1.54) is 28.4 Å². The highest BCUT2D eigenvalue weighted by atomic mass is 31.2. The summed E-state index contributed by atoms with van der Waals surface area (Å²) in [6, 6.07) is -0.221. The molecule has 0 rings (SSSR count). The van der Waals surface area contributed by atoms with Crippen molar-refractivity contribution in [3.05, 3.63) is 0 Å². The number of carbonyl (C=O) groups excluding carboxylic acids is 2. The molecule has 0 fully saturated rings. The molecule has 0 heterocycles. The van der Waals surface area contributed by atoms with Crippen molar-refractivity contribution in [1.29, 1.82) is 0 Å². The van der Waals surface area contributed by atoms with Crippen molar-refractivity contribution in [3.8, 4) is 0 Å². The molecule has 1 unspecified atom stereocenters. The maximum absolute atomic E-state index is 12.5. The number of hydrogen-bond donors (Lipinski definition) is 1. The van der Waals surface area contributed by atoms with Crippen molar-refractivity contribution >= 4 is 27.5 Å². The van der Waals surface area contributed by atoms with Crippen LogP contribution in [0.4, 0.5) is 9.59 Å². The second-order valence-electron chi connectivity index (χ2n) is 6.03. The lowest BCUT2D eigenvalue weighted by atomic mass is 10.1. The van der Waals surface area contributed by atoms with E-state index in [2.05, 4.69) is 5.32 Å². The number of rotatable bonds is 15. The van der Waals surface area contributed by atoms with E-state index in [1.807, 2.05) is 0 Å². The average molecular weight is 476 g/mol. The molecule has 178 valence electrons. The Hall–Kier alpha value is -1.16. The molecule has 30 heavy (non-hydrogen) atoms. The molecule has 0 saturated heterocycles. The monoisotopic (exact) mass is 476 g/mol. The Morgan fingerprint density at radius 1 is 0.967 bits per heavy atom. The van der Waals surface area contributed by atoms with Gasteiger partial charge in [-0.05, 0) is 33.1 Å². The van der Waals surface area contributed by atoms with Gasteiger partial charge in [-0.15, -0.1) is 0 Å². The fourth-order valence-electron chi connectivity index (χ4n) is 2.32. The zero-order chi connectivity index (χ0) is 23.2. The molecule has 14 heteroatoms. The highest BCUT2D eigenvalue weighted by Gasteiger charge is 2.36. The third-order valence-electron chi connectivity index (χ3n) is 4.01. The quantitative estimate of drug-likeness (QED) is 0.275. The summed E-state index contributed by atoms with van der Waals surface area (Å²) in [5.41, 5.74) is 0. The van der Waals surface area contributed by atoms with E-state index in [0.29, 0.717) is 19.3 Å². The lowest BCUT2D eigenvalue weighted by molar-refractivity contribution is 0.115. The van der Waals surface area contributed by atoms with Gasteiger partial charge < -0.3 is 23.8 Å². The van der Waals surface area contributed by atoms with Crippen molar-refractivity contribution in [1.82, 2.24) is 9.99 Å². The van der Waals surface area contributed by atoms with E-state index in [1.54, 1.807) is 13.8 Å². The minimum Gasteiger partial charge on any atom is -0.449 e. The van der Waals surface area contributed by atoms with Crippen molar-refractivity contribution in [3.63, 3.8) is 0 Å². The third-order valence-corrected chi connectivity index (χ3v) is 7.73. The van der Waals surface area contributed by atoms with Crippen molar-refractivity contribution < 1.29 is 46.3 Å². The van der Waals surface area contributed by atoms with Gasteiger partial charge in [0, 0.05) is 41.0 Å². The van der Waals surface area contributed by atoms with Crippen LogP contribution in [0.25, 0.3) is 0 Å². The molecule has 0 bridgehead atoms. The molecule has 0 saturated carbocycles. The first-order valence-corrected chi connectivity index (χ1v) is 12.6. The topological polar surface area (TPSA) is 139 Å². The lowest BCUT2D eigenvalue weighted by Gasteiger charge is -2.27. The molecule has 0 spiro atoms. The van der Waals surface area contributed by atoms with Crippen LogP contribution < -0.4 is 5.32 Å². The maximum atomic E-state index is 12.5. The summed E-state index contributed by atoms with van der Waals surface area (Å²) in [6.45, 7) is 3.52. The number of unbranched alkanes of at least 4 members (excludes halogenated alkanes) is 1. The molecule has 0 aliphatic rings. The first-order valence-electron chi connectivity index (χ1n) is 9.41. The second kappa shape index (κ2) is 14.8. The van der Waals surface area contributed by atoms with E-state index >= 15 is 0 Å². The molecule has 0 aliphatic carbocycles. The number of nitrogens with one attached hydrogen (secondary N) is 1. The average Bonchev–Trinajstić information content (AvgIpc) is 2.73. The Morgan fingerprint density at radius 3 is 2.07 bits per heavy atom. The SMILES string of the molecule is CCOC(=O)N(CCCCC(C)NC(=O)OCCP(=O)(OC)OC)P(=O)(OC)OC. The third kappa shape index (κ3) is 10.2. The van der Waals surface area contributed by atoms with Crippen LogP contribution in [-0.4, -0.2) is 77.3 Å². The van der Waals surface area contributed by atoms with E-state index in [9.17, 15) is 18.7 Å². The number of alkyl carbamates (subject to hydrolysis) is 1. The Labute approximate surface area is 178 Å². The summed E-state index contributed by atoms with van der Waals surface area (Å²) in [7, 11) is -2.11. The summed E-state index contributed by atoms with van der Waals surface area (Å²) in [5, 5.41) is 2.64. The normalized spacial score (nSPS) is 12.9. The van der Waals surface area contributed by atoms with Gasteiger partial charge in [-0.3, -0.25) is 13.6 Å². The number of amides is 2. The summed E-state index contributed by atoms with van der Waals surface area (Å²) >= 11 is 0. The minimum atomic E-state index is -3.77.